The lowest BCUT2D eigenvalue weighted by Gasteiger charge is -2.28. The number of allylic oxidation sites excluding steroid dienone is 1. The quantitative estimate of drug-likeness (QED) is 0.390. The molecule has 0 saturated carbocycles. The van der Waals surface area contributed by atoms with Crippen LogP contribution in [0.4, 0.5) is 11.8 Å². The minimum absolute atomic E-state index is 0.281. The van der Waals surface area contributed by atoms with Crippen molar-refractivity contribution in [3.05, 3.63) is 114 Å². The van der Waals surface area contributed by atoms with Crippen LogP contribution in [-0.4, -0.2) is 35.4 Å². The number of rotatable bonds is 5. The van der Waals surface area contributed by atoms with Crippen molar-refractivity contribution in [3.63, 3.8) is 0 Å². The molecule has 0 radical (unpaired) electrons. The highest BCUT2D eigenvalue weighted by molar-refractivity contribution is 6.05. The van der Waals surface area contributed by atoms with E-state index in [0.717, 1.165) is 22.5 Å². The predicted octanol–water partition coefficient (Wildman–Crippen LogP) is 4.45. The number of hydrogen-bond acceptors (Lipinski definition) is 6. The van der Waals surface area contributed by atoms with E-state index < -0.39 is 6.04 Å². The summed E-state index contributed by atoms with van der Waals surface area (Å²) < 4.78 is 3.55. The van der Waals surface area contributed by atoms with Gasteiger partial charge in [-0.05, 0) is 31.2 Å². The van der Waals surface area contributed by atoms with Gasteiger partial charge < -0.3 is 10.6 Å². The fourth-order valence-corrected chi connectivity index (χ4v) is 4.41. The van der Waals surface area contributed by atoms with Crippen LogP contribution < -0.4 is 10.6 Å². The molecule has 1 amide bonds. The minimum Gasteiger partial charge on any atom is -0.328 e. The van der Waals surface area contributed by atoms with Crippen LogP contribution in [0.3, 0.4) is 0 Å². The van der Waals surface area contributed by atoms with Gasteiger partial charge in [-0.3, -0.25) is 4.79 Å². The van der Waals surface area contributed by atoms with Gasteiger partial charge in [0, 0.05) is 29.2 Å². The molecule has 0 aliphatic carbocycles. The van der Waals surface area contributed by atoms with Gasteiger partial charge in [0.25, 0.3) is 5.91 Å². The largest absolute Gasteiger partial charge is 0.328 e. The molecule has 1 atom stereocenters. The summed E-state index contributed by atoms with van der Waals surface area (Å²) in [5.74, 6) is 0.740. The van der Waals surface area contributed by atoms with E-state index in [1.54, 1.807) is 23.0 Å². The molecule has 0 fully saturated rings. The molecule has 3 aromatic heterocycles. The van der Waals surface area contributed by atoms with Crippen molar-refractivity contribution >= 4 is 17.7 Å². The summed E-state index contributed by atoms with van der Waals surface area (Å²) in [6.07, 6.45) is 5.08. The van der Waals surface area contributed by atoms with E-state index in [0.29, 0.717) is 23.0 Å². The summed E-state index contributed by atoms with van der Waals surface area (Å²) in [6.45, 7) is 1.86. The lowest BCUT2D eigenvalue weighted by molar-refractivity contribution is -0.113. The average Bonchev–Trinajstić information content (AvgIpc) is 3.57. The highest BCUT2D eigenvalue weighted by atomic mass is 16.1. The van der Waals surface area contributed by atoms with E-state index in [2.05, 4.69) is 25.7 Å². The number of anilines is 2. The van der Waals surface area contributed by atoms with Crippen molar-refractivity contribution in [2.75, 3.05) is 10.6 Å². The van der Waals surface area contributed by atoms with Gasteiger partial charge in [-0.25, -0.2) is 14.3 Å². The first-order chi connectivity index (χ1) is 17.7. The highest BCUT2D eigenvalue weighted by Crippen LogP contribution is 2.39. The van der Waals surface area contributed by atoms with Crippen LogP contribution in [0.25, 0.3) is 16.9 Å². The molecule has 1 aliphatic heterocycles. The molecule has 5 aromatic rings. The van der Waals surface area contributed by atoms with Crippen molar-refractivity contribution in [2.24, 2.45) is 0 Å². The Labute approximate surface area is 207 Å². The smallest absolute Gasteiger partial charge is 0.257 e. The first-order valence-electron chi connectivity index (χ1n) is 11.5. The van der Waals surface area contributed by atoms with Gasteiger partial charge >= 0.3 is 0 Å². The topological polar surface area (TPSA) is 103 Å². The van der Waals surface area contributed by atoms with Crippen molar-refractivity contribution in [1.82, 2.24) is 29.5 Å². The monoisotopic (exact) mass is 474 g/mol. The van der Waals surface area contributed by atoms with E-state index in [1.165, 1.54) is 6.33 Å². The third-order valence-corrected chi connectivity index (χ3v) is 6.05. The van der Waals surface area contributed by atoms with Crippen LogP contribution in [0.15, 0.2) is 109 Å². The second-order valence-electron chi connectivity index (χ2n) is 8.34. The number of benzene rings is 2. The first kappa shape index (κ1) is 21.5. The average molecular weight is 475 g/mol. The van der Waals surface area contributed by atoms with Gasteiger partial charge in [0.1, 0.15) is 18.2 Å². The van der Waals surface area contributed by atoms with Crippen LogP contribution in [0.5, 0.6) is 0 Å². The number of fused-ring (bicyclic) bond motifs is 1. The zero-order valence-corrected chi connectivity index (χ0v) is 19.4. The molecule has 36 heavy (non-hydrogen) atoms. The number of carbonyl (C=O) groups is 1. The number of nitrogens with zero attached hydrogens (tertiary/aromatic N) is 6. The number of nitrogens with one attached hydrogen (secondary N) is 2. The number of amides is 1. The molecular formula is C27H22N8O. The molecule has 0 bridgehead atoms. The molecule has 1 unspecified atom stereocenters. The molecule has 9 heteroatoms. The minimum atomic E-state index is -0.569. The Balaban J connectivity index is 1.53. The Kier molecular flexibility index (Phi) is 5.34. The molecule has 9 nitrogen and oxygen atoms in total. The van der Waals surface area contributed by atoms with Crippen LogP contribution in [0, 0.1) is 0 Å². The lowest BCUT2D eigenvalue weighted by Crippen LogP contribution is -2.31. The summed E-state index contributed by atoms with van der Waals surface area (Å²) >= 11 is 0. The van der Waals surface area contributed by atoms with Crippen molar-refractivity contribution < 1.29 is 4.79 Å². The zero-order chi connectivity index (χ0) is 24.5. The maximum atomic E-state index is 13.7. The summed E-state index contributed by atoms with van der Waals surface area (Å²) in [5, 5.41) is 15.6. The second-order valence-corrected chi connectivity index (χ2v) is 8.34. The summed E-state index contributed by atoms with van der Waals surface area (Å²) in [4.78, 5) is 22.3. The van der Waals surface area contributed by atoms with Crippen molar-refractivity contribution in [3.8, 4) is 16.9 Å². The van der Waals surface area contributed by atoms with Crippen LogP contribution >= 0.6 is 0 Å². The molecule has 4 heterocycles. The molecule has 0 saturated heterocycles. The Morgan fingerprint density at radius 1 is 0.944 bits per heavy atom. The first-order valence-corrected chi connectivity index (χ1v) is 11.5. The molecule has 176 valence electrons. The van der Waals surface area contributed by atoms with Crippen molar-refractivity contribution in [2.45, 2.75) is 13.0 Å². The van der Waals surface area contributed by atoms with E-state index in [1.807, 2.05) is 84.5 Å². The standard InChI is InChI=1S/C27H22N8O/c1-18-23(26(36)32-22-14-8-9-15-28-22)25(35-27(31-18)29-17-30-35)21-16-34(20-12-6-3-7-13-20)33-24(21)19-10-4-2-5-11-19/h2-17,25H,1H3,(H,28,32,36)(H,29,30,31). The van der Waals surface area contributed by atoms with Crippen LogP contribution in [0.1, 0.15) is 18.5 Å². The van der Waals surface area contributed by atoms with Gasteiger partial charge in [0.05, 0.1) is 17.0 Å². The third-order valence-electron chi connectivity index (χ3n) is 6.05. The van der Waals surface area contributed by atoms with Crippen molar-refractivity contribution in [1.29, 1.82) is 0 Å². The summed E-state index contributed by atoms with van der Waals surface area (Å²) in [5.41, 5.74) is 4.61. The Morgan fingerprint density at radius 2 is 1.69 bits per heavy atom. The fourth-order valence-electron chi connectivity index (χ4n) is 4.41. The Morgan fingerprint density at radius 3 is 2.44 bits per heavy atom. The maximum absolute atomic E-state index is 13.7. The second kappa shape index (κ2) is 8.95. The number of pyridine rings is 1. The highest BCUT2D eigenvalue weighted by Gasteiger charge is 2.36. The third kappa shape index (κ3) is 3.82. The van der Waals surface area contributed by atoms with Crippen LogP contribution in [-0.2, 0) is 4.79 Å². The van der Waals surface area contributed by atoms with Crippen LogP contribution in [0.2, 0.25) is 0 Å². The molecule has 1 aliphatic rings. The van der Waals surface area contributed by atoms with Gasteiger partial charge in [-0.15, -0.1) is 0 Å². The Bertz CT molecular complexity index is 1560. The fraction of sp³-hybridized carbons (Fsp3) is 0.0741. The molecule has 2 N–H and O–H groups in total. The summed E-state index contributed by atoms with van der Waals surface area (Å²) in [6, 6.07) is 24.6. The predicted molar refractivity (Wildman–Crippen MR) is 136 cm³/mol. The maximum Gasteiger partial charge on any atom is 0.257 e. The molecule has 0 spiro atoms. The Hall–Kier alpha value is -5.05. The molecular weight excluding hydrogens is 452 g/mol. The van der Waals surface area contributed by atoms with Gasteiger partial charge in [0.15, 0.2) is 0 Å². The SMILES string of the molecule is CC1=C(C(=O)Nc2ccccn2)C(c2cn(-c3ccccc3)nc2-c2ccccc2)n2ncnc2N1. The molecule has 6 rings (SSSR count). The van der Waals surface area contributed by atoms with Gasteiger partial charge in [-0.1, -0.05) is 54.6 Å². The van der Waals surface area contributed by atoms with Gasteiger partial charge in [0.2, 0.25) is 5.95 Å². The van der Waals surface area contributed by atoms with Gasteiger partial charge in [-0.2, -0.15) is 15.2 Å². The number of hydrogen-bond donors (Lipinski definition) is 2. The number of para-hydroxylation sites is 1. The van der Waals surface area contributed by atoms with E-state index in [4.69, 9.17) is 5.10 Å². The normalized spacial score (nSPS) is 14.8. The molecule has 2 aromatic carbocycles. The van der Waals surface area contributed by atoms with E-state index >= 15 is 0 Å². The zero-order valence-electron chi connectivity index (χ0n) is 19.4. The lowest BCUT2D eigenvalue weighted by atomic mass is 9.93. The number of carbonyl (C=O) groups excluding carboxylic acids is 1. The summed E-state index contributed by atoms with van der Waals surface area (Å²) in [7, 11) is 0. The number of aromatic nitrogens is 6. The van der Waals surface area contributed by atoms with E-state index in [-0.39, 0.29) is 5.91 Å². The van der Waals surface area contributed by atoms with E-state index in [9.17, 15) is 4.79 Å².